The maximum atomic E-state index is 14.9. The summed E-state index contributed by atoms with van der Waals surface area (Å²) in [5, 5.41) is 6.19. The van der Waals surface area contributed by atoms with Crippen LogP contribution >= 0.6 is 23.2 Å². The van der Waals surface area contributed by atoms with E-state index in [4.69, 9.17) is 23.2 Å². The van der Waals surface area contributed by atoms with Crippen LogP contribution in [0.2, 0.25) is 10.0 Å². The molecular formula is C45H61Cl2F5N6O7. The SMILES string of the molecule is CC(C)C[C@@H]1NC(=O)[C@@H](N(C)C(=O)[C@@H](CC(=O)[C@@H]2C[C@@H](F)CN2C(=O)C2(C(F)(F)F)CC(F)C2)CC2CC2)CCCCN(C)C(=O)[C@@H](C)NC(=O)[C@H](Cc2cc(Cl)ccc2Cl)N(C)C1=O. The minimum atomic E-state index is -5.13. The molecule has 4 fully saturated rings. The molecule has 0 aromatic heterocycles. The number of alkyl halides is 5. The first-order valence-electron chi connectivity index (χ1n) is 22.4. The minimum Gasteiger partial charge on any atom is -0.344 e. The van der Waals surface area contributed by atoms with Gasteiger partial charge in [-0.25, -0.2) is 8.78 Å². The average molecular weight is 964 g/mol. The topological polar surface area (TPSA) is 157 Å². The fourth-order valence-electron chi connectivity index (χ4n) is 9.33. The van der Waals surface area contributed by atoms with E-state index in [1.807, 2.05) is 13.8 Å². The first-order chi connectivity index (χ1) is 30.3. The Morgan fingerprint density at radius 3 is 2.18 bits per heavy atom. The van der Waals surface area contributed by atoms with E-state index < -0.39 is 134 Å². The van der Waals surface area contributed by atoms with Gasteiger partial charge in [-0.1, -0.05) is 49.9 Å². The molecule has 0 unspecified atom stereocenters. The number of halogens is 7. The molecule has 2 N–H and O–H groups in total. The number of Topliss-reactive ketones (excluding diaryl/α,β-unsaturated/α-hetero) is 1. The smallest absolute Gasteiger partial charge is 0.344 e. The van der Waals surface area contributed by atoms with E-state index in [1.54, 1.807) is 25.2 Å². The Labute approximate surface area is 386 Å². The predicted octanol–water partition coefficient (Wildman–Crippen LogP) is 5.86. The molecule has 2 aliphatic heterocycles. The molecular weight excluding hydrogens is 902 g/mol. The fraction of sp³-hybridized carbons (Fsp3) is 0.711. The number of carbonyl (C=O) groups excluding carboxylic acids is 7. The molecule has 7 atom stereocenters. The van der Waals surface area contributed by atoms with Gasteiger partial charge in [0.1, 0.15) is 41.9 Å². The van der Waals surface area contributed by atoms with Gasteiger partial charge in [-0.15, -0.1) is 0 Å². The molecule has 0 spiro atoms. The van der Waals surface area contributed by atoms with Crippen molar-refractivity contribution in [3.63, 3.8) is 0 Å². The van der Waals surface area contributed by atoms with E-state index in [9.17, 15) is 55.5 Å². The molecule has 6 amide bonds. The van der Waals surface area contributed by atoms with Crippen LogP contribution in [0.1, 0.15) is 97.0 Å². The molecule has 0 bridgehead atoms. The maximum absolute atomic E-state index is 14.9. The van der Waals surface area contributed by atoms with Crippen LogP contribution in [0.4, 0.5) is 22.0 Å². The van der Waals surface area contributed by atoms with E-state index in [2.05, 4.69) is 10.6 Å². The lowest BCUT2D eigenvalue weighted by molar-refractivity contribution is -0.260. The lowest BCUT2D eigenvalue weighted by Gasteiger charge is -2.46. The third-order valence-electron chi connectivity index (χ3n) is 13.4. The number of nitrogens with zero attached hydrogens (tertiary/aromatic N) is 4. The van der Waals surface area contributed by atoms with Crippen LogP contribution < -0.4 is 10.6 Å². The first-order valence-corrected chi connectivity index (χ1v) is 23.1. The van der Waals surface area contributed by atoms with Gasteiger partial charge >= 0.3 is 6.18 Å². The molecule has 1 aromatic carbocycles. The number of rotatable bonds is 12. The molecule has 2 saturated carbocycles. The molecule has 2 heterocycles. The zero-order valence-corrected chi connectivity index (χ0v) is 39.2. The Bertz CT molecular complexity index is 1970. The maximum Gasteiger partial charge on any atom is 0.403 e. The lowest BCUT2D eigenvalue weighted by Crippen LogP contribution is -2.61. The molecule has 13 nitrogen and oxygen atoms in total. The van der Waals surface area contributed by atoms with Gasteiger partial charge in [0, 0.05) is 75.8 Å². The van der Waals surface area contributed by atoms with Gasteiger partial charge in [-0.05, 0) is 74.6 Å². The van der Waals surface area contributed by atoms with Crippen LogP contribution in [0.5, 0.6) is 0 Å². The number of ketones is 1. The van der Waals surface area contributed by atoms with Gasteiger partial charge in [0.25, 0.3) is 0 Å². The number of hydrogen-bond acceptors (Lipinski definition) is 7. The van der Waals surface area contributed by atoms with Gasteiger partial charge in [-0.2, -0.15) is 13.2 Å². The number of carbonyl (C=O) groups is 7. The molecule has 65 heavy (non-hydrogen) atoms. The van der Waals surface area contributed by atoms with Crippen molar-refractivity contribution in [2.75, 3.05) is 34.2 Å². The van der Waals surface area contributed by atoms with Crippen LogP contribution in [-0.2, 0) is 40.0 Å². The lowest BCUT2D eigenvalue weighted by atomic mass is 9.65. The number of likely N-dealkylation sites (tertiary alicyclic amines) is 1. The second-order valence-electron chi connectivity index (χ2n) is 19.0. The van der Waals surface area contributed by atoms with Gasteiger partial charge < -0.3 is 30.2 Å². The molecule has 362 valence electrons. The number of likely N-dealkylation sites (N-methyl/N-ethyl adjacent to an activating group) is 3. The van der Waals surface area contributed by atoms with Crippen LogP contribution in [-0.4, -0.2) is 144 Å². The molecule has 4 aliphatic rings. The van der Waals surface area contributed by atoms with Crippen molar-refractivity contribution in [1.82, 2.24) is 30.2 Å². The van der Waals surface area contributed by atoms with Crippen molar-refractivity contribution < 1.29 is 55.5 Å². The molecule has 20 heteroatoms. The van der Waals surface area contributed by atoms with Gasteiger partial charge in [0.15, 0.2) is 5.78 Å². The number of nitrogens with one attached hydrogen (secondary N) is 2. The standard InChI is InChI=1S/C45H61Cl2F5N6O7/c1-24(2)15-33-42(64)57(6)36(18-27-17-29(46)12-13-32(27)47)39(61)53-25(3)40(62)55(4)14-8-7-9-34(38(60)54-33)56(5)41(63)28(16-26-10-11-26)19-37(59)35-20-30(48)23-58(35)43(65)44(45(50,51)52)21-31(49)22-44/h12-13,17,24-26,28,30-31,33-36H,7-11,14-16,18-23H2,1-6H3,(H,53,61)(H,54,60)/t25-,28-,30-,31?,33+,34+,35+,36+,44?/m1/s1. The van der Waals surface area contributed by atoms with Gasteiger partial charge in [-0.3, -0.25) is 33.6 Å². The highest BCUT2D eigenvalue weighted by Crippen LogP contribution is 2.56. The van der Waals surface area contributed by atoms with E-state index in [-0.39, 0.29) is 49.1 Å². The van der Waals surface area contributed by atoms with E-state index in [1.165, 1.54) is 35.7 Å². The highest BCUT2D eigenvalue weighted by atomic mass is 35.5. The summed E-state index contributed by atoms with van der Waals surface area (Å²) in [7, 11) is 4.34. The normalized spacial score (nSPS) is 29.3. The van der Waals surface area contributed by atoms with Crippen LogP contribution in [0.15, 0.2) is 18.2 Å². The van der Waals surface area contributed by atoms with Crippen LogP contribution in [0.25, 0.3) is 0 Å². The molecule has 2 saturated heterocycles. The third kappa shape index (κ3) is 12.3. The Kier molecular flexibility index (Phi) is 17.0. The van der Waals surface area contributed by atoms with E-state index in [0.717, 1.165) is 12.8 Å². The zero-order valence-electron chi connectivity index (χ0n) is 37.7. The number of amides is 6. The van der Waals surface area contributed by atoms with Gasteiger partial charge in [0.05, 0.1) is 12.6 Å². The largest absolute Gasteiger partial charge is 0.403 e. The molecule has 0 radical (unpaired) electrons. The summed E-state index contributed by atoms with van der Waals surface area (Å²) < 4.78 is 71.5. The highest BCUT2D eigenvalue weighted by Gasteiger charge is 2.69. The van der Waals surface area contributed by atoms with Crippen LogP contribution in [0.3, 0.4) is 0 Å². The quantitative estimate of drug-likeness (QED) is 0.249. The molecule has 1 aromatic rings. The van der Waals surface area contributed by atoms with Crippen molar-refractivity contribution in [1.29, 1.82) is 0 Å². The second-order valence-corrected chi connectivity index (χ2v) is 19.8. The summed E-state index contributed by atoms with van der Waals surface area (Å²) in [6.45, 7) is 4.63. The number of benzene rings is 1. The number of hydrogen-bond donors (Lipinski definition) is 2. The van der Waals surface area contributed by atoms with Gasteiger partial charge in [0.2, 0.25) is 35.4 Å². The summed E-state index contributed by atoms with van der Waals surface area (Å²) in [5.41, 5.74) is -2.62. The summed E-state index contributed by atoms with van der Waals surface area (Å²) >= 11 is 12.8. The van der Waals surface area contributed by atoms with Crippen molar-refractivity contribution in [2.24, 2.45) is 23.2 Å². The fourth-order valence-corrected chi connectivity index (χ4v) is 9.72. The minimum absolute atomic E-state index is 0.0298. The average Bonchev–Trinajstić information content (AvgIpc) is 3.95. The van der Waals surface area contributed by atoms with Crippen molar-refractivity contribution in [3.8, 4) is 0 Å². The second kappa shape index (κ2) is 21.3. The summed E-state index contributed by atoms with van der Waals surface area (Å²) in [5.74, 6) is -6.65. The predicted molar refractivity (Wildman–Crippen MR) is 232 cm³/mol. The highest BCUT2D eigenvalue weighted by molar-refractivity contribution is 6.33. The summed E-state index contributed by atoms with van der Waals surface area (Å²) in [4.78, 5) is 103. The Morgan fingerprint density at radius 1 is 0.923 bits per heavy atom. The Balaban J connectivity index is 1.43. The van der Waals surface area contributed by atoms with E-state index in [0.29, 0.717) is 28.3 Å². The van der Waals surface area contributed by atoms with E-state index >= 15 is 0 Å². The Morgan fingerprint density at radius 2 is 1.58 bits per heavy atom. The molecule has 5 rings (SSSR count). The van der Waals surface area contributed by atoms with Crippen molar-refractivity contribution in [2.45, 2.75) is 147 Å². The zero-order chi connectivity index (χ0) is 48.3. The summed E-state index contributed by atoms with van der Waals surface area (Å²) in [6.07, 6.45) is -9.79. The van der Waals surface area contributed by atoms with Crippen molar-refractivity contribution in [3.05, 3.63) is 33.8 Å². The Hall–Kier alpha value is -4.06. The van der Waals surface area contributed by atoms with Crippen molar-refractivity contribution >= 4 is 64.4 Å². The molecule has 2 aliphatic carbocycles. The monoisotopic (exact) mass is 962 g/mol. The summed E-state index contributed by atoms with van der Waals surface area (Å²) in [6, 6.07) is -1.57. The van der Waals surface area contributed by atoms with Crippen LogP contribution in [0, 0.1) is 23.2 Å². The third-order valence-corrected chi connectivity index (χ3v) is 14.0. The first kappa shape index (κ1) is 51.9.